The van der Waals surface area contributed by atoms with Crippen LogP contribution in [0, 0.1) is 6.92 Å². The quantitative estimate of drug-likeness (QED) is 0.867. The number of benzene rings is 1. The third-order valence-corrected chi connectivity index (χ3v) is 4.36. The molecule has 1 heterocycles. The van der Waals surface area contributed by atoms with E-state index in [2.05, 4.69) is 22.0 Å². The van der Waals surface area contributed by atoms with Gasteiger partial charge in [0.2, 0.25) is 11.8 Å². The van der Waals surface area contributed by atoms with E-state index in [0.717, 1.165) is 28.4 Å². The van der Waals surface area contributed by atoms with Crippen LogP contribution in [0.4, 0.5) is 0 Å². The summed E-state index contributed by atoms with van der Waals surface area (Å²) in [6.45, 7) is 2.73. The van der Waals surface area contributed by atoms with Crippen molar-refractivity contribution in [1.82, 2.24) is 4.90 Å². The molecule has 4 nitrogen and oxygen atoms in total. The molecule has 0 saturated carbocycles. The van der Waals surface area contributed by atoms with Gasteiger partial charge in [-0.25, -0.2) is 0 Å². The lowest BCUT2D eigenvalue weighted by Gasteiger charge is -2.25. The van der Waals surface area contributed by atoms with Crippen LogP contribution in [0.2, 0.25) is 0 Å². The Labute approximate surface area is 121 Å². The zero-order valence-corrected chi connectivity index (χ0v) is 12.4. The Balaban J connectivity index is 2.20. The van der Waals surface area contributed by atoms with E-state index >= 15 is 0 Å². The number of aryl methyl sites for hydroxylation is 1. The van der Waals surface area contributed by atoms with Crippen LogP contribution in [0.3, 0.4) is 0 Å². The fraction of sp³-hybridized carbons (Fsp3) is 0.429. The van der Waals surface area contributed by atoms with Crippen molar-refractivity contribution in [2.75, 3.05) is 6.54 Å². The Morgan fingerprint density at radius 1 is 1.47 bits per heavy atom. The van der Waals surface area contributed by atoms with E-state index in [-0.39, 0.29) is 18.4 Å². The average Bonchev–Trinajstić information content (AvgIpc) is 2.81. The molecule has 1 aliphatic rings. The normalized spacial score (nSPS) is 18.6. The average molecular weight is 325 g/mol. The number of likely N-dealkylation sites (tertiary alicyclic amines) is 1. The first-order valence-corrected chi connectivity index (χ1v) is 7.12. The molecule has 0 aromatic heterocycles. The minimum Gasteiger partial charge on any atom is -0.369 e. The van der Waals surface area contributed by atoms with Gasteiger partial charge in [0, 0.05) is 11.0 Å². The van der Waals surface area contributed by atoms with Gasteiger partial charge in [-0.15, -0.1) is 0 Å². The summed E-state index contributed by atoms with van der Waals surface area (Å²) in [6, 6.07) is 6.18. The van der Waals surface area contributed by atoms with Gasteiger partial charge in [-0.1, -0.05) is 28.1 Å². The summed E-state index contributed by atoms with van der Waals surface area (Å²) < 4.78 is 1.06. The third kappa shape index (κ3) is 3.15. The van der Waals surface area contributed by atoms with Crippen molar-refractivity contribution in [2.45, 2.75) is 32.2 Å². The molecule has 1 aliphatic heterocycles. The second-order valence-corrected chi connectivity index (χ2v) is 5.75. The van der Waals surface area contributed by atoms with Crippen LogP contribution >= 0.6 is 15.9 Å². The second kappa shape index (κ2) is 5.74. The lowest BCUT2D eigenvalue weighted by molar-refractivity contribution is -0.135. The van der Waals surface area contributed by atoms with Gasteiger partial charge in [-0.05, 0) is 37.0 Å². The molecule has 0 bridgehead atoms. The molecule has 1 fully saturated rings. The summed E-state index contributed by atoms with van der Waals surface area (Å²) in [4.78, 5) is 24.7. The summed E-state index contributed by atoms with van der Waals surface area (Å²) in [5, 5.41) is 0. The number of halogens is 1. The fourth-order valence-corrected chi connectivity index (χ4v) is 2.78. The van der Waals surface area contributed by atoms with Crippen LogP contribution < -0.4 is 5.73 Å². The van der Waals surface area contributed by atoms with Crippen molar-refractivity contribution in [3.8, 4) is 0 Å². The number of hydrogen-bond donors (Lipinski definition) is 1. The molecule has 1 aromatic carbocycles. The molecular formula is C14H17BrN2O2. The smallest absolute Gasteiger partial charge is 0.232 e. The monoisotopic (exact) mass is 324 g/mol. The standard InChI is InChI=1S/C14H17BrN2O2/c1-9-7-10(4-5-11(9)15)12-3-2-6-17(12)14(19)8-13(16)18/h4-5,7,12H,2-3,6,8H2,1H3,(H2,16,18). The molecule has 0 radical (unpaired) electrons. The Kier molecular flexibility index (Phi) is 4.24. The Hall–Kier alpha value is -1.36. The van der Waals surface area contributed by atoms with Crippen molar-refractivity contribution < 1.29 is 9.59 Å². The van der Waals surface area contributed by atoms with E-state index in [1.807, 2.05) is 19.1 Å². The molecular weight excluding hydrogens is 308 g/mol. The maximum absolute atomic E-state index is 12.0. The first kappa shape index (κ1) is 14.1. The number of amides is 2. The fourth-order valence-electron chi connectivity index (χ4n) is 2.54. The highest BCUT2D eigenvalue weighted by Crippen LogP contribution is 2.33. The number of rotatable bonds is 3. The summed E-state index contributed by atoms with van der Waals surface area (Å²) in [5.74, 6) is -0.738. The maximum atomic E-state index is 12.0. The first-order valence-electron chi connectivity index (χ1n) is 6.33. The van der Waals surface area contributed by atoms with E-state index in [0.29, 0.717) is 6.54 Å². The second-order valence-electron chi connectivity index (χ2n) is 4.90. The van der Waals surface area contributed by atoms with E-state index in [9.17, 15) is 9.59 Å². The van der Waals surface area contributed by atoms with Crippen LogP contribution in [0.5, 0.6) is 0 Å². The highest BCUT2D eigenvalue weighted by Gasteiger charge is 2.30. The summed E-state index contributed by atoms with van der Waals surface area (Å²) in [6.07, 6.45) is 1.70. The Morgan fingerprint density at radius 2 is 2.21 bits per heavy atom. The van der Waals surface area contributed by atoms with E-state index < -0.39 is 5.91 Å². The van der Waals surface area contributed by atoms with Gasteiger partial charge >= 0.3 is 0 Å². The molecule has 1 aromatic rings. The van der Waals surface area contributed by atoms with Gasteiger partial charge in [0.25, 0.3) is 0 Å². The Morgan fingerprint density at radius 3 is 2.84 bits per heavy atom. The number of primary amides is 1. The highest BCUT2D eigenvalue weighted by molar-refractivity contribution is 9.10. The topological polar surface area (TPSA) is 63.4 Å². The maximum Gasteiger partial charge on any atom is 0.232 e. The SMILES string of the molecule is Cc1cc(C2CCCN2C(=O)CC(N)=O)ccc1Br. The van der Waals surface area contributed by atoms with Crippen molar-refractivity contribution in [2.24, 2.45) is 5.73 Å². The first-order chi connectivity index (χ1) is 8.99. The number of carbonyl (C=O) groups excluding carboxylic acids is 2. The van der Waals surface area contributed by atoms with E-state index in [1.165, 1.54) is 0 Å². The zero-order valence-electron chi connectivity index (χ0n) is 10.9. The van der Waals surface area contributed by atoms with Crippen molar-refractivity contribution in [1.29, 1.82) is 0 Å². The third-order valence-electron chi connectivity index (χ3n) is 3.47. The lowest BCUT2D eigenvalue weighted by Crippen LogP contribution is -2.33. The molecule has 5 heteroatoms. The summed E-state index contributed by atoms with van der Waals surface area (Å²) in [7, 11) is 0. The molecule has 1 atom stereocenters. The number of hydrogen-bond acceptors (Lipinski definition) is 2. The number of nitrogens with zero attached hydrogens (tertiary/aromatic N) is 1. The van der Waals surface area contributed by atoms with Crippen molar-refractivity contribution in [3.63, 3.8) is 0 Å². The van der Waals surface area contributed by atoms with Gasteiger partial charge in [-0.2, -0.15) is 0 Å². The van der Waals surface area contributed by atoms with Gasteiger partial charge in [0.15, 0.2) is 0 Å². The zero-order chi connectivity index (χ0) is 14.0. The van der Waals surface area contributed by atoms with Crippen LogP contribution in [-0.4, -0.2) is 23.3 Å². The van der Waals surface area contributed by atoms with Gasteiger partial charge < -0.3 is 10.6 Å². The molecule has 2 rings (SSSR count). The number of carbonyl (C=O) groups is 2. The van der Waals surface area contributed by atoms with Crippen molar-refractivity contribution >= 4 is 27.7 Å². The lowest BCUT2D eigenvalue weighted by atomic mass is 10.0. The highest BCUT2D eigenvalue weighted by atomic mass is 79.9. The predicted molar refractivity (Wildman–Crippen MR) is 76.4 cm³/mol. The molecule has 19 heavy (non-hydrogen) atoms. The van der Waals surface area contributed by atoms with Crippen LogP contribution in [0.25, 0.3) is 0 Å². The van der Waals surface area contributed by atoms with E-state index in [4.69, 9.17) is 5.73 Å². The van der Waals surface area contributed by atoms with Crippen LogP contribution in [0.1, 0.15) is 36.4 Å². The molecule has 1 saturated heterocycles. The van der Waals surface area contributed by atoms with Crippen LogP contribution in [0.15, 0.2) is 22.7 Å². The minimum absolute atomic E-state index is 0.0682. The molecule has 2 amide bonds. The molecule has 2 N–H and O–H groups in total. The molecule has 0 spiro atoms. The summed E-state index contributed by atoms with van der Waals surface area (Å²) in [5.41, 5.74) is 7.36. The van der Waals surface area contributed by atoms with Crippen molar-refractivity contribution in [3.05, 3.63) is 33.8 Å². The van der Waals surface area contributed by atoms with Gasteiger partial charge in [-0.3, -0.25) is 9.59 Å². The van der Waals surface area contributed by atoms with E-state index in [1.54, 1.807) is 4.90 Å². The molecule has 0 aliphatic carbocycles. The van der Waals surface area contributed by atoms with Crippen LogP contribution in [-0.2, 0) is 9.59 Å². The van der Waals surface area contributed by atoms with Gasteiger partial charge in [0.05, 0.1) is 6.04 Å². The predicted octanol–water partition coefficient (Wildman–Crippen LogP) is 2.30. The minimum atomic E-state index is -0.567. The number of nitrogens with two attached hydrogens (primary N) is 1. The Bertz CT molecular complexity index is 516. The summed E-state index contributed by atoms with van der Waals surface area (Å²) >= 11 is 3.47. The molecule has 1 unspecified atom stereocenters. The van der Waals surface area contributed by atoms with Gasteiger partial charge in [0.1, 0.15) is 6.42 Å². The largest absolute Gasteiger partial charge is 0.369 e. The molecule has 102 valence electrons.